The summed E-state index contributed by atoms with van der Waals surface area (Å²) in [7, 11) is 0. The first-order valence-corrected chi connectivity index (χ1v) is 9.78. The van der Waals surface area contributed by atoms with E-state index < -0.39 is 11.6 Å². The first-order chi connectivity index (χ1) is 13.3. The Morgan fingerprint density at radius 2 is 1.11 bits per heavy atom. The molecule has 2 aromatic rings. The minimum atomic E-state index is -0.786. The fraction of sp³-hybridized carbons (Fsp3) is 0.417. The maximum Gasteiger partial charge on any atom is 0.310 e. The molecule has 0 aromatic heterocycles. The summed E-state index contributed by atoms with van der Waals surface area (Å²) in [5.74, 6) is -0.963. The van der Waals surface area contributed by atoms with Crippen LogP contribution in [0.25, 0.3) is 0 Å². The van der Waals surface area contributed by atoms with Crippen molar-refractivity contribution in [2.45, 2.75) is 66.9 Å². The van der Waals surface area contributed by atoms with E-state index in [9.17, 15) is 9.59 Å². The number of rotatable bonds is 4. The minimum Gasteiger partial charge on any atom is -0.481 e. The quantitative estimate of drug-likeness (QED) is 0.659. The molecule has 0 radical (unpaired) electrons. The number of carboxylic acid groups (broad SMARTS) is 1. The first-order valence-electron chi connectivity index (χ1n) is 9.78. The third-order valence-corrected chi connectivity index (χ3v) is 2.81. The van der Waals surface area contributed by atoms with Crippen LogP contribution in [-0.2, 0) is 27.2 Å². The summed E-state index contributed by atoms with van der Waals surface area (Å²) in [6.45, 7) is 13.6. The second-order valence-electron chi connectivity index (χ2n) is 6.30. The van der Waals surface area contributed by atoms with E-state index in [-0.39, 0.29) is 12.4 Å². The third kappa shape index (κ3) is 16.8. The van der Waals surface area contributed by atoms with Crippen LogP contribution in [0.2, 0.25) is 0 Å². The molecule has 0 fully saturated rings. The Kier molecular flexibility index (Phi) is 16.3. The van der Waals surface area contributed by atoms with Crippen LogP contribution in [0, 0.1) is 0 Å². The lowest BCUT2D eigenvalue weighted by molar-refractivity contribution is -0.153. The highest BCUT2D eigenvalue weighted by Gasteiger charge is 2.16. The zero-order valence-electron chi connectivity index (χ0n) is 18.4. The molecule has 2 rings (SSSR count). The van der Waals surface area contributed by atoms with Gasteiger partial charge in [-0.1, -0.05) is 88.4 Å². The molecule has 0 atom stereocenters. The highest BCUT2D eigenvalue weighted by Crippen LogP contribution is 2.09. The van der Waals surface area contributed by atoms with Gasteiger partial charge in [-0.2, -0.15) is 0 Å². The summed E-state index contributed by atoms with van der Waals surface area (Å²) < 4.78 is 5.20. The van der Waals surface area contributed by atoms with Crippen molar-refractivity contribution in [3.63, 3.8) is 0 Å². The van der Waals surface area contributed by atoms with Gasteiger partial charge in [0.25, 0.3) is 0 Å². The van der Waals surface area contributed by atoms with Gasteiger partial charge in [0.2, 0.25) is 0 Å². The SMILES string of the molecule is CC.CC.CC(C)(C)OC(=O)Cc1ccccc1.O=C(O)Cc1ccccc1. The van der Waals surface area contributed by atoms with Crippen molar-refractivity contribution in [1.82, 2.24) is 0 Å². The number of esters is 1. The van der Waals surface area contributed by atoms with Gasteiger partial charge in [-0.15, -0.1) is 0 Å². The molecule has 156 valence electrons. The normalized spacial score (nSPS) is 9.25. The van der Waals surface area contributed by atoms with Gasteiger partial charge in [-0.25, -0.2) is 0 Å². The van der Waals surface area contributed by atoms with E-state index in [1.807, 2.05) is 97.0 Å². The Hall–Kier alpha value is -2.62. The Bertz CT molecular complexity index is 629. The number of carbonyl (C=O) groups excluding carboxylic acids is 1. The van der Waals surface area contributed by atoms with Crippen LogP contribution in [0.1, 0.15) is 59.6 Å². The number of ether oxygens (including phenoxy) is 1. The number of aliphatic carboxylic acids is 1. The minimum absolute atomic E-state index is 0.112. The molecule has 0 aliphatic carbocycles. The fourth-order valence-corrected chi connectivity index (χ4v) is 1.91. The van der Waals surface area contributed by atoms with Crippen LogP contribution in [0.3, 0.4) is 0 Å². The van der Waals surface area contributed by atoms with Crippen LogP contribution in [0.15, 0.2) is 60.7 Å². The highest BCUT2D eigenvalue weighted by molar-refractivity contribution is 5.73. The van der Waals surface area contributed by atoms with Gasteiger partial charge in [0, 0.05) is 0 Å². The Labute approximate surface area is 170 Å². The van der Waals surface area contributed by atoms with E-state index in [0.717, 1.165) is 11.1 Å². The summed E-state index contributed by atoms with van der Waals surface area (Å²) in [5.41, 5.74) is 1.43. The van der Waals surface area contributed by atoms with Crippen molar-refractivity contribution in [3.8, 4) is 0 Å². The predicted octanol–water partition coefficient (Wildman–Crippen LogP) is 5.94. The second kappa shape index (κ2) is 16.5. The zero-order chi connectivity index (χ0) is 22.0. The lowest BCUT2D eigenvalue weighted by Gasteiger charge is -2.19. The monoisotopic (exact) mass is 388 g/mol. The molecule has 0 amide bonds. The molecule has 0 saturated heterocycles. The first kappa shape index (κ1) is 27.6. The van der Waals surface area contributed by atoms with Gasteiger partial charge in [-0.3, -0.25) is 9.59 Å². The number of hydrogen-bond acceptors (Lipinski definition) is 3. The second-order valence-corrected chi connectivity index (χ2v) is 6.30. The molecule has 4 nitrogen and oxygen atoms in total. The molecule has 1 N–H and O–H groups in total. The van der Waals surface area contributed by atoms with Gasteiger partial charge in [-0.05, 0) is 31.9 Å². The average Bonchev–Trinajstić information content (AvgIpc) is 2.65. The van der Waals surface area contributed by atoms with Crippen LogP contribution in [0.5, 0.6) is 0 Å². The van der Waals surface area contributed by atoms with E-state index in [4.69, 9.17) is 9.84 Å². The molecular weight excluding hydrogens is 352 g/mol. The molecule has 0 aliphatic heterocycles. The Morgan fingerprint density at radius 3 is 1.43 bits per heavy atom. The van der Waals surface area contributed by atoms with Gasteiger partial charge in [0.1, 0.15) is 5.60 Å². The van der Waals surface area contributed by atoms with Gasteiger partial charge >= 0.3 is 11.9 Å². The molecule has 4 heteroatoms. The fourth-order valence-electron chi connectivity index (χ4n) is 1.91. The molecule has 0 unspecified atom stereocenters. The zero-order valence-corrected chi connectivity index (χ0v) is 18.4. The maximum atomic E-state index is 11.4. The molecular formula is C24H36O4. The van der Waals surface area contributed by atoms with Crippen molar-refractivity contribution in [1.29, 1.82) is 0 Å². The summed E-state index contributed by atoms with van der Waals surface area (Å²) in [6.07, 6.45) is 0.457. The van der Waals surface area contributed by atoms with Crippen molar-refractivity contribution in [3.05, 3.63) is 71.8 Å². The van der Waals surface area contributed by atoms with Gasteiger partial charge < -0.3 is 9.84 Å². The number of carboxylic acids is 1. The standard InChI is InChI=1S/C12H16O2.C8H8O2.2C2H6/c1-12(2,3)14-11(13)9-10-7-5-4-6-8-10;9-8(10)6-7-4-2-1-3-5-7;2*1-2/h4-8H,9H2,1-3H3;1-5H,6H2,(H,9,10);2*1-2H3. The van der Waals surface area contributed by atoms with Crippen molar-refractivity contribution in [2.24, 2.45) is 0 Å². The Morgan fingerprint density at radius 1 is 0.750 bits per heavy atom. The lowest BCUT2D eigenvalue weighted by atomic mass is 10.1. The third-order valence-electron chi connectivity index (χ3n) is 2.81. The Balaban J connectivity index is 0. The van der Waals surface area contributed by atoms with Gasteiger partial charge in [0.15, 0.2) is 0 Å². The summed E-state index contributed by atoms with van der Waals surface area (Å²) >= 11 is 0. The molecule has 2 aromatic carbocycles. The summed E-state index contributed by atoms with van der Waals surface area (Å²) in [5, 5.41) is 8.37. The van der Waals surface area contributed by atoms with Gasteiger partial charge in [0.05, 0.1) is 12.8 Å². The molecule has 28 heavy (non-hydrogen) atoms. The topological polar surface area (TPSA) is 63.6 Å². The summed E-state index contributed by atoms with van der Waals surface area (Å²) in [6, 6.07) is 18.7. The van der Waals surface area contributed by atoms with Crippen molar-refractivity contribution in [2.75, 3.05) is 0 Å². The molecule has 0 bridgehead atoms. The van der Waals surface area contributed by atoms with E-state index in [1.165, 1.54) is 0 Å². The number of carbonyl (C=O) groups is 2. The van der Waals surface area contributed by atoms with Crippen molar-refractivity contribution >= 4 is 11.9 Å². The lowest BCUT2D eigenvalue weighted by Crippen LogP contribution is -2.24. The van der Waals surface area contributed by atoms with E-state index >= 15 is 0 Å². The smallest absolute Gasteiger partial charge is 0.310 e. The molecule has 0 spiro atoms. The average molecular weight is 389 g/mol. The van der Waals surface area contributed by atoms with Crippen LogP contribution in [0.4, 0.5) is 0 Å². The van der Waals surface area contributed by atoms with E-state index in [0.29, 0.717) is 6.42 Å². The van der Waals surface area contributed by atoms with Crippen molar-refractivity contribution < 1.29 is 19.4 Å². The van der Waals surface area contributed by atoms with Crippen LogP contribution in [-0.4, -0.2) is 22.6 Å². The molecule has 0 heterocycles. The molecule has 0 aliphatic rings. The van der Waals surface area contributed by atoms with E-state index in [2.05, 4.69) is 0 Å². The highest BCUT2D eigenvalue weighted by atomic mass is 16.6. The van der Waals surface area contributed by atoms with Crippen LogP contribution < -0.4 is 0 Å². The summed E-state index contributed by atoms with van der Waals surface area (Å²) in [4.78, 5) is 21.6. The largest absolute Gasteiger partial charge is 0.481 e. The molecule has 0 saturated carbocycles. The maximum absolute atomic E-state index is 11.4. The number of hydrogen-bond donors (Lipinski definition) is 1. The van der Waals surface area contributed by atoms with Crippen LogP contribution >= 0.6 is 0 Å². The predicted molar refractivity (Wildman–Crippen MR) is 116 cm³/mol. The number of benzene rings is 2. The van der Waals surface area contributed by atoms with E-state index in [1.54, 1.807) is 12.1 Å².